The highest BCUT2D eigenvalue weighted by Crippen LogP contribution is 2.28. The fourth-order valence-electron chi connectivity index (χ4n) is 2.98. The number of amides is 1. The number of unbranched alkanes of at least 4 members (excludes halogenated alkanes) is 2. The number of ether oxygens (including phenoxy) is 5. The van der Waals surface area contributed by atoms with Crippen LogP contribution in [0.4, 0.5) is 0 Å². The van der Waals surface area contributed by atoms with E-state index in [4.69, 9.17) is 23.7 Å². The lowest BCUT2D eigenvalue weighted by molar-refractivity contribution is -0.277. The summed E-state index contributed by atoms with van der Waals surface area (Å²) in [6, 6.07) is -0.920. The summed E-state index contributed by atoms with van der Waals surface area (Å²) < 4.78 is 27.4. The molecule has 0 saturated carbocycles. The van der Waals surface area contributed by atoms with Crippen LogP contribution in [0.2, 0.25) is 0 Å². The van der Waals surface area contributed by atoms with E-state index >= 15 is 0 Å². The first-order chi connectivity index (χ1) is 13.6. The first-order valence-electron chi connectivity index (χ1n) is 9.67. The molecule has 1 aliphatic rings. The Kier molecular flexibility index (Phi) is 10.6. The van der Waals surface area contributed by atoms with E-state index in [2.05, 4.69) is 5.32 Å². The highest BCUT2D eigenvalue weighted by Gasteiger charge is 2.51. The number of nitrogens with one attached hydrogen (secondary N) is 1. The molecule has 0 unspecified atom stereocenters. The summed E-state index contributed by atoms with van der Waals surface area (Å²) in [4.78, 5) is 46.3. The van der Waals surface area contributed by atoms with E-state index in [0.717, 1.165) is 19.3 Å². The van der Waals surface area contributed by atoms with Crippen LogP contribution >= 0.6 is 0 Å². The fourth-order valence-corrected chi connectivity index (χ4v) is 2.98. The van der Waals surface area contributed by atoms with Crippen molar-refractivity contribution in [2.75, 3.05) is 13.2 Å². The maximum absolute atomic E-state index is 11.8. The molecule has 1 saturated heterocycles. The van der Waals surface area contributed by atoms with E-state index in [9.17, 15) is 19.2 Å². The van der Waals surface area contributed by atoms with Gasteiger partial charge in [-0.05, 0) is 6.42 Å². The average Bonchev–Trinajstić information content (AvgIpc) is 2.60. The molecule has 29 heavy (non-hydrogen) atoms. The fraction of sp³-hybridized carbons (Fsp3) is 0.789. The second-order valence-electron chi connectivity index (χ2n) is 6.80. The van der Waals surface area contributed by atoms with Crippen LogP contribution < -0.4 is 5.32 Å². The van der Waals surface area contributed by atoms with Gasteiger partial charge in [0.25, 0.3) is 0 Å². The average molecular weight is 417 g/mol. The minimum absolute atomic E-state index is 0.243. The zero-order valence-electron chi connectivity index (χ0n) is 17.6. The van der Waals surface area contributed by atoms with Crippen molar-refractivity contribution in [3.8, 4) is 0 Å². The first kappa shape index (κ1) is 24.8. The van der Waals surface area contributed by atoms with Gasteiger partial charge in [-0.1, -0.05) is 19.8 Å². The lowest BCUT2D eigenvalue weighted by atomic mass is 9.96. The summed E-state index contributed by atoms with van der Waals surface area (Å²) in [6.07, 6.45) is -1.44. The highest BCUT2D eigenvalue weighted by molar-refractivity contribution is 5.73. The Morgan fingerprint density at radius 1 is 0.897 bits per heavy atom. The maximum Gasteiger partial charge on any atom is 0.303 e. The standard InChI is InChI=1S/C19H31NO9/c1-6-7-8-9-25-19-16(20-11(2)21)18(28-14(5)24)17(27-13(4)23)15(29-19)10-26-12(3)22/h15-19H,6-10H2,1-5H3,(H,20,21)/t15-,16-,17+,18-,19-/m0/s1. The Morgan fingerprint density at radius 3 is 2.03 bits per heavy atom. The van der Waals surface area contributed by atoms with Gasteiger partial charge < -0.3 is 29.0 Å². The lowest BCUT2D eigenvalue weighted by Crippen LogP contribution is -2.66. The molecule has 0 spiro atoms. The molecular formula is C19H31NO9. The van der Waals surface area contributed by atoms with E-state index in [-0.39, 0.29) is 6.61 Å². The molecule has 0 aromatic carbocycles. The summed E-state index contributed by atoms with van der Waals surface area (Å²) >= 11 is 0. The molecule has 10 heteroatoms. The van der Waals surface area contributed by atoms with E-state index in [1.165, 1.54) is 27.7 Å². The van der Waals surface area contributed by atoms with Gasteiger partial charge in [0.2, 0.25) is 5.91 Å². The third kappa shape index (κ3) is 8.78. The number of hydrogen-bond donors (Lipinski definition) is 1. The highest BCUT2D eigenvalue weighted by atomic mass is 16.7. The molecule has 0 aromatic heterocycles. The summed E-state index contributed by atoms with van der Waals surface area (Å²) in [5.74, 6) is -2.24. The van der Waals surface area contributed by atoms with Crippen molar-refractivity contribution in [3.63, 3.8) is 0 Å². The Morgan fingerprint density at radius 2 is 1.52 bits per heavy atom. The van der Waals surface area contributed by atoms with E-state index in [1.54, 1.807) is 0 Å². The van der Waals surface area contributed by atoms with Gasteiger partial charge in [-0.15, -0.1) is 0 Å². The Bertz CT molecular complexity index is 580. The van der Waals surface area contributed by atoms with Gasteiger partial charge in [0.05, 0.1) is 0 Å². The zero-order valence-corrected chi connectivity index (χ0v) is 17.6. The van der Waals surface area contributed by atoms with Gasteiger partial charge in [0.1, 0.15) is 18.8 Å². The van der Waals surface area contributed by atoms with Crippen molar-refractivity contribution in [2.24, 2.45) is 0 Å². The van der Waals surface area contributed by atoms with Gasteiger partial charge in [-0.25, -0.2) is 0 Å². The second-order valence-corrected chi connectivity index (χ2v) is 6.80. The monoisotopic (exact) mass is 417 g/mol. The van der Waals surface area contributed by atoms with Gasteiger partial charge in [-0.3, -0.25) is 19.2 Å². The summed E-state index contributed by atoms with van der Waals surface area (Å²) in [5, 5.41) is 2.65. The molecule has 1 amide bonds. The Labute approximate surface area is 170 Å². The van der Waals surface area contributed by atoms with Crippen LogP contribution in [-0.4, -0.2) is 67.7 Å². The number of rotatable bonds is 10. The predicted molar refractivity (Wildman–Crippen MR) is 99.5 cm³/mol. The van der Waals surface area contributed by atoms with Crippen LogP contribution in [0.15, 0.2) is 0 Å². The van der Waals surface area contributed by atoms with Crippen molar-refractivity contribution in [1.82, 2.24) is 5.32 Å². The molecule has 1 N–H and O–H groups in total. The molecule has 166 valence electrons. The van der Waals surface area contributed by atoms with Gasteiger partial charge in [-0.2, -0.15) is 0 Å². The number of carbonyl (C=O) groups excluding carboxylic acids is 4. The normalized spacial score (nSPS) is 26.3. The molecule has 0 radical (unpaired) electrons. The van der Waals surface area contributed by atoms with Crippen LogP contribution in [0.25, 0.3) is 0 Å². The van der Waals surface area contributed by atoms with Gasteiger partial charge >= 0.3 is 17.9 Å². The van der Waals surface area contributed by atoms with Crippen LogP contribution in [0, 0.1) is 0 Å². The Balaban J connectivity index is 3.17. The molecule has 10 nitrogen and oxygen atoms in total. The molecular weight excluding hydrogens is 386 g/mol. The molecule has 1 rings (SSSR count). The van der Waals surface area contributed by atoms with Crippen LogP contribution in [0.3, 0.4) is 0 Å². The molecule has 5 atom stereocenters. The molecule has 1 heterocycles. The first-order valence-corrected chi connectivity index (χ1v) is 9.67. The Hall–Kier alpha value is -2.20. The molecule has 0 bridgehead atoms. The van der Waals surface area contributed by atoms with Crippen molar-refractivity contribution in [2.45, 2.75) is 84.5 Å². The van der Waals surface area contributed by atoms with Crippen molar-refractivity contribution >= 4 is 23.8 Å². The lowest BCUT2D eigenvalue weighted by Gasteiger charge is -2.44. The second kappa shape index (κ2) is 12.4. The van der Waals surface area contributed by atoms with Crippen LogP contribution in [-0.2, 0) is 42.9 Å². The molecule has 0 aromatic rings. The molecule has 1 fully saturated rings. The quantitative estimate of drug-likeness (QED) is 0.313. The summed E-state index contributed by atoms with van der Waals surface area (Å²) in [7, 11) is 0. The van der Waals surface area contributed by atoms with Crippen LogP contribution in [0.5, 0.6) is 0 Å². The number of esters is 3. The van der Waals surface area contributed by atoms with E-state index in [1.807, 2.05) is 6.92 Å². The third-order valence-corrected chi connectivity index (χ3v) is 4.10. The number of carbonyl (C=O) groups is 4. The van der Waals surface area contributed by atoms with E-state index in [0.29, 0.717) is 6.61 Å². The van der Waals surface area contributed by atoms with E-state index < -0.39 is 54.5 Å². The van der Waals surface area contributed by atoms with Crippen molar-refractivity contribution < 1.29 is 42.9 Å². The van der Waals surface area contributed by atoms with Gasteiger partial charge in [0.15, 0.2) is 18.5 Å². The van der Waals surface area contributed by atoms with Crippen molar-refractivity contribution in [3.05, 3.63) is 0 Å². The maximum atomic E-state index is 11.8. The summed E-state index contributed by atoms with van der Waals surface area (Å²) in [5.41, 5.74) is 0. The third-order valence-electron chi connectivity index (χ3n) is 4.10. The largest absolute Gasteiger partial charge is 0.463 e. The minimum atomic E-state index is -1.11. The summed E-state index contributed by atoms with van der Waals surface area (Å²) in [6.45, 7) is 7.06. The van der Waals surface area contributed by atoms with Gasteiger partial charge in [0, 0.05) is 34.3 Å². The number of hydrogen-bond acceptors (Lipinski definition) is 9. The SMILES string of the molecule is CCCCCO[C@H]1O[C@@H](COC(C)=O)[C@@H](OC(C)=O)[C@@H](OC(C)=O)[C@@H]1NC(C)=O. The topological polar surface area (TPSA) is 126 Å². The van der Waals surface area contributed by atoms with Crippen LogP contribution in [0.1, 0.15) is 53.9 Å². The molecule has 1 aliphatic heterocycles. The smallest absolute Gasteiger partial charge is 0.303 e. The predicted octanol–water partition coefficient (Wildman–Crippen LogP) is 0.849. The minimum Gasteiger partial charge on any atom is -0.463 e. The zero-order chi connectivity index (χ0) is 22.0. The molecule has 0 aliphatic carbocycles. The van der Waals surface area contributed by atoms with Crippen molar-refractivity contribution in [1.29, 1.82) is 0 Å².